The molecule has 1 amide bonds. The number of hydrogen-bond donors (Lipinski definition) is 1. The normalized spacial score (nSPS) is 11.1. The van der Waals surface area contributed by atoms with Gasteiger partial charge < -0.3 is 19.0 Å². The summed E-state index contributed by atoms with van der Waals surface area (Å²) in [6.45, 7) is 3.92. The molecule has 2 heterocycles. The number of nitrogens with one attached hydrogen (secondary N) is 1. The fourth-order valence-electron chi connectivity index (χ4n) is 3.58. The molecule has 4 rings (SSSR count). The van der Waals surface area contributed by atoms with Gasteiger partial charge in [0.25, 0.3) is 0 Å². The first-order valence-corrected chi connectivity index (χ1v) is 8.93. The minimum absolute atomic E-state index is 0.0373. The van der Waals surface area contributed by atoms with E-state index < -0.39 is 5.97 Å². The molecule has 0 aliphatic rings. The van der Waals surface area contributed by atoms with Crippen LogP contribution in [0.1, 0.15) is 21.6 Å². The molecule has 0 aliphatic carbocycles. The number of aromatic nitrogens is 1. The fourth-order valence-corrected chi connectivity index (χ4v) is 3.58. The summed E-state index contributed by atoms with van der Waals surface area (Å²) < 4.78 is 12.4. The van der Waals surface area contributed by atoms with Crippen LogP contribution in [0.15, 0.2) is 52.9 Å². The molecule has 0 bridgehead atoms. The molecule has 0 aliphatic heterocycles. The monoisotopic (exact) mass is 376 g/mol. The summed E-state index contributed by atoms with van der Waals surface area (Å²) >= 11 is 0. The first kappa shape index (κ1) is 17.9. The fraction of sp³-hybridized carbons (Fsp3) is 0.182. The highest BCUT2D eigenvalue weighted by Gasteiger charge is 2.22. The lowest BCUT2D eigenvalue weighted by atomic mass is 10.1. The van der Waals surface area contributed by atoms with E-state index in [4.69, 9.17) is 9.15 Å². The van der Waals surface area contributed by atoms with Gasteiger partial charge >= 0.3 is 5.97 Å². The van der Waals surface area contributed by atoms with E-state index in [-0.39, 0.29) is 18.1 Å². The van der Waals surface area contributed by atoms with Crippen LogP contribution in [0.3, 0.4) is 0 Å². The number of rotatable bonds is 4. The number of amides is 1. The number of anilines is 1. The van der Waals surface area contributed by atoms with Gasteiger partial charge in [-0.15, -0.1) is 0 Å². The Morgan fingerprint density at radius 2 is 1.75 bits per heavy atom. The van der Waals surface area contributed by atoms with Gasteiger partial charge in [-0.1, -0.05) is 18.2 Å². The van der Waals surface area contributed by atoms with Crippen molar-refractivity contribution in [1.82, 2.24) is 4.57 Å². The molecule has 28 heavy (non-hydrogen) atoms. The second kappa shape index (κ2) is 6.88. The zero-order valence-corrected chi connectivity index (χ0v) is 15.9. The molecule has 2 aromatic carbocycles. The van der Waals surface area contributed by atoms with E-state index in [0.29, 0.717) is 16.7 Å². The molecule has 142 valence electrons. The smallest absolute Gasteiger partial charge is 0.354 e. The van der Waals surface area contributed by atoms with Crippen LogP contribution in [0.4, 0.5) is 5.69 Å². The quantitative estimate of drug-likeness (QED) is 0.535. The van der Waals surface area contributed by atoms with Gasteiger partial charge in [0, 0.05) is 17.1 Å². The number of para-hydroxylation sites is 1. The van der Waals surface area contributed by atoms with Crippen LogP contribution in [-0.4, -0.2) is 23.6 Å². The molecular weight excluding hydrogens is 356 g/mol. The summed E-state index contributed by atoms with van der Waals surface area (Å²) in [4.78, 5) is 25.0. The number of ether oxygens (including phenoxy) is 1. The van der Waals surface area contributed by atoms with Gasteiger partial charge in [0.2, 0.25) is 5.91 Å². The maximum Gasteiger partial charge on any atom is 0.354 e. The number of hydrogen-bond acceptors (Lipinski definition) is 4. The summed E-state index contributed by atoms with van der Waals surface area (Å²) in [6, 6.07) is 15.0. The highest BCUT2D eigenvalue weighted by molar-refractivity contribution is 6.07. The third-order valence-corrected chi connectivity index (χ3v) is 4.63. The Hall–Kier alpha value is -3.54. The average molecular weight is 376 g/mol. The molecular formula is C22H20N2O4. The molecule has 6 nitrogen and oxygen atoms in total. The molecule has 0 unspecified atom stereocenters. The lowest BCUT2D eigenvalue weighted by Gasteiger charge is -2.11. The first-order chi connectivity index (χ1) is 13.5. The van der Waals surface area contributed by atoms with Gasteiger partial charge in [0.1, 0.15) is 17.8 Å². The molecule has 4 aromatic rings. The molecule has 6 heteroatoms. The number of aryl methyl sites for hydroxylation is 2. The van der Waals surface area contributed by atoms with Crippen LogP contribution < -0.4 is 5.32 Å². The predicted molar refractivity (Wildman–Crippen MR) is 108 cm³/mol. The van der Waals surface area contributed by atoms with E-state index in [1.165, 1.54) is 7.11 Å². The Morgan fingerprint density at radius 3 is 2.46 bits per heavy atom. The van der Waals surface area contributed by atoms with Gasteiger partial charge in [-0.05, 0) is 49.2 Å². The Kier molecular flexibility index (Phi) is 4.39. The molecule has 0 radical (unpaired) electrons. The van der Waals surface area contributed by atoms with E-state index in [1.54, 1.807) is 10.6 Å². The number of methoxy groups -OCH3 is 1. The van der Waals surface area contributed by atoms with Crippen LogP contribution in [0.2, 0.25) is 0 Å². The number of carbonyl (C=O) groups is 2. The molecule has 0 atom stereocenters. The van der Waals surface area contributed by atoms with Crippen molar-refractivity contribution >= 4 is 39.6 Å². The summed E-state index contributed by atoms with van der Waals surface area (Å²) in [6.07, 6.45) is 0. The van der Waals surface area contributed by atoms with Gasteiger partial charge in [-0.25, -0.2) is 4.79 Å². The number of furan rings is 1. The van der Waals surface area contributed by atoms with Crippen molar-refractivity contribution in [2.75, 3.05) is 12.4 Å². The maximum absolute atomic E-state index is 12.8. The Labute approximate surface area is 161 Å². The topological polar surface area (TPSA) is 73.5 Å². The molecule has 0 fully saturated rings. The zero-order chi connectivity index (χ0) is 19.8. The number of fused-ring (bicyclic) bond motifs is 3. The van der Waals surface area contributed by atoms with Crippen LogP contribution in [0, 0.1) is 13.8 Å². The Bertz CT molecular complexity index is 1200. The van der Waals surface area contributed by atoms with Gasteiger partial charge in [0.15, 0.2) is 5.58 Å². The van der Waals surface area contributed by atoms with Crippen LogP contribution in [0.5, 0.6) is 0 Å². The van der Waals surface area contributed by atoms with E-state index in [9.17, 15) is 9.59 Å². The predicted octanol–water partition coefficient (Wildman–Crippen LogP) is 4.43. The third kappa shape index (κ3) is 3.13. The van der Waals surface area contributed by atoms with Gasteiger partial charge in [-0.3, -0.25) is 4.79 Å². The van der Waals surface area contributed by atoms with Crippen molar-refractivity contribution in [2.45, 2.75) is 20.4 Å². The second-order valence-corrected chi connectivity index (χ2v) is 6.84. The lowest BCUT2D eigenvalue weighted by Crippen LogP contribution is -2.21. The van der Waals surface area contributed by atoms with Crippen molar-refractivity contribution in [3.05, 3.63) is 65.4 Å². The molecule has 0 spiro atoms. The second-order valence-electron chi connectivity index (χ2n) is 6.84. The maximum atomic E-state index is 12.8. The zero-order valence-electron chi connectivity index (χ0n) is 15.9. The summed E-state index contributed by atoms with van der Waals surface area (Å²) in [5, 5.41) is 3.75. The van der Waals surface area contributed by atoms with E-state index in [2.05, 4.69) is 5.32 Å². The van der Waals surface area contributed by atoms with Crippen molar-refractivity contribution in [2.24, 2.45) is 0 Å². The number of esters is 1. The van der Waals surface area contributed by atoms with Crippen LogP contribution >= 0.6 is 0 Å². The summed E-state index contributed by atoms with van der Waals surface area (Å²) in [5.74, 6) is -0.757. The summed E-state index contributed by atoms with van der Waals surface area (Å²) in [5.41, 5.74) is 5.07. The van der Waals surface area contributed by atoms with Crippen molar-refractivity contribution < 1.29 is 18.7 Å². The van der Waals surface area contributed by atoms with Crippen molar-refractivity contribution in [3.63, 3.8) is 0 Å². The minimum Gasteiger partial charge on any atom is -0.464 e. The number of nitrogens with zero attached hydrogens (tertiary/aromatic N) is 1. The highest BCUT2D eigenvalue weighted by Crippen LogP contribution is 2.31. The highest BCUT2D eigenvalue weighted by atomic mass is 16.5. The van der Waals surface area contributed by atoms with E-state index >= 15 is 0 Å². The first-order valence-electron chi connectivity index (χ1n) is 8.93. The Balaban J connectivity index is 1.75. The average Bonchev–Trinajstić information content (AvgIpc) is 3.17. The van der Waals surface area contributed by atoms with Crippen LogP contribution in [-0.2, 0) is 16.1 Å². The Morgan fingerprint density at radius 1 is 1.04 bits per heavy atom. The van der Waals surface area contributed by atoms with Crippen molar-refractivity contribution in [3.8, 4) is 0 Å². The molecule has 1 N–H and O–H groups in total. The molecule has 0 saturated carbocycles. The SMILES string of the molecule is COC(=O)c1cc2oc3ccccc3c2n1CC(=O)Nc1cc(C)cc(C)c1. The van der Waals surface area contributed by atoms with Gasteiger partial charge in [0.05, 0.1) is 12.6 Å². The molecule has 0 saturated heterocycles. The summed E-state index contributed by atoms with van der Waals surface area (Å²) in [7, 11) is 1.31. The lowest BCUT2D eigenvalue weighted by molar-refractivity contribution is -0.116. The van der Waals surface area contributed by atoms with E-state index in [1.807, 2.05) is 56.3 Å². The largest absolute Gasteiger partial charge is 0.464 e. The molecule has 2 aromatic heterocycles. The van der Waals surface area contributed by atoms with Crippen LogP contribution in [0.25, 0.3) is 22.1 Å². The standard InChI is InChI=1S/C22H20N2O4/c1-13-8-14(2)10-15(9-13)23-20(25)12-24-17(22(26)27-3)11-19-21(24)16-6-4-5-7-18(16)28-19/h4-11H,12H2,1-3H3,(H,23,25). The minimum atomic E-state index is -0.519. The number of carbonyl (C=O) groups excluding carboxylic acids is 2. The van der Waals surface area contributed by atoms with Crippen molar-refractivity contribution in [1.29, 1.82) is 0 Å². The van der Waals surface area contributed by atoms with Gasteiger partial charge in [-0.2, -0.15) is 0 Å². The third-order valence-electron chi connectivity index (χ3n) is 4.63. The number of benzene rings is 2. The van der Waals surface area contributed by atoms with E-state index in [0.717, 1.165) is 22.2 Å².